The van der Waals surface area contributed by atoms with E-state index in [1.165, 1.54) is 38.5 Å². The van der Waals surface area contributed by atoms with Crippen LogP contribution in [0.1, 0.15) is 64.2 Å². The summed E-state index contributed by atoms with van der Waals surface area (Å²) in [5.74, 6) is 0. The molecule has 2 aliphatic carbocycles. The third kappa shape index (κ3) is 5.36. The van der Waals surface area contributed by atoms with E-state index in [-0.39, 0.29) is 11.2 Å². The maximum atomic E-state index is 7.01. The normalized spacial score (nSPS) is 21.5. The highest BCUT2D eigenvalue weighted by molar-refractivity contribution is 5.76. The maximum absolute atomic E-state index is 7.01. The van der Waals surface area contributed by atoms with Crippen LogP contribution in [0.25, 0.3) is 0 Å². The monoisotopic (exact) mass is 390 g/mol. The summed E-state index contributed by atoms with van der Waals surface area (Å²) in [5.41, 5.74) is 1.10. The Labute approximate surface area is 173 Å². The molecular weight excluding hydrogens is 360 g/mol. The summed E-state index contributed by atoms with van der Waals surface area (Å²) in [6.07, 6.45) is 22.5. The molecule has 4 rings (SSSR count). The van der Waals surface area contributed by atoms with Gasteiger partial charge in [0, 0.05) is 24.8 Å². The first-order valence-corrected chi connectivity index (χ1v) is 10.9. The Morgan fingerprint density at radius 2 is 1.14 bits per heavy atom. The largest absolute Gasteiger partial charge is 0.357 e. The van der Waals surface area contributed by atoms with Crippen LogP contribution in [0, 0.1) is 0 Å². The standard InChI is InChI=1S/C24H30N4O/c1-3-11-23(12-4-1,19-27-21-9-7-15-25-17-21)29-24(13-5-2-6-14-24)20-28-22-10-8-16-26-18-22/h7-10,15-20H,1-6,11-14H2. The summed E-state index contributed by atoms with van der Waals surface area (Å²) in [7, 11) is 0. The van der Waals surface area contributed by atoms with Gasteiger partial charge in [-0.1, -0.05) is 38.5 Å². The Morgan fingerprint density at radius 3 is 1.52 bits per heavy atom. The molecule has 2 heterocycles. The molecule has 0 bridgehead atoms. The van der Waals surface area contributed by atoms with Gasteiger partial charge >= 0.3 is 0 Å². The number of ether oxygens (including phenoxy) is 1. The summed E-state index contributed by atoms with van der Waals surface area (Å²) in [6, 6.07) is 7.81. The maximum Gasteiger partial charge on any atom is 0.104 e. The zero-order valence-electron chi connectivity index (χ0n) is 17.0. The third-order valence-corrected chi connectivity index (χ3v) is 6.00. The molecule has 0 N–H and O–H groups in total. The number of pyridine rings is 2. The van der Waals surface area contributed by atoms with Gasteiger partial charge in [0.2, 0.25) is 0 Å². The molecular formula is C24H30N4O. The number of nitrogens with zero attached hydrogens (tertiary/aromatic N) is 4. The van der Waals surface area contributed by atoms with Crippen molar-refractivity contribution in [2.24, 2.45) is 9.98 Å². The Hall–Kier alpha value is -2.40. The average Bonchev–Trinajstić information content (AvgIpc) is 2.79. The molecule has 2 fully saturated rings. The zero-order valence-corrected chi connectivity index (χ0v) is 17.0. The van der Waals surface area contributed by atoms with Crippen molar-refractivity contribution in [3.63, 3.8) is 0 Å². The van der Waals surface area contributed by atoms with Crippen LogP contribution in [-0.4, -0.2) is 33.6 Å². The quantitative estimate of drug-likeness (QED) is 0.568. The van der Waals surface area contributed by atoms with E-state index < -0.39 is 0 Å². The topological polar surface area (TPSA) is 59.7 Å². The second-order valence-corrected chi connectivity index (χ2v) is 8.29. The van der Waals surface area contributed by atoms with E-state index >= 15 is 0 Å². The molecule has 2 saturated carbocycles. The van der Waals surface area contributed by atoms with Gasteiger partial charge in [-0.05, 0) is 49.9 Å². The van der Waals surface area contributed by atoms with Crippen molar-refractivity contribution in [3.8, 4) is 0 Å². The lowest BCUT2D eigenvalue weighted by atomic mass is 9.81. The van der Waals surface area contributed by atoms with Crippen LogP contribution in [0.4, 0.5) is 11.4 Å². The summed E-state index contributed by atoms with van der Waals surface area (Å²) in [5, 5.41) is 0. The minimum absolute atomic E-state index is 0.327. The fraction of sp³-hybridized carbons (Fsp3) is 0.500. The van der Waals surface area contributed by atoms with Crippen LogP contribution in [0.3, 0.4) is 0 Å². The lowest BCUT2D eigenvalue weighted by molar-refractivity contribution is -0.109. The van der Waals surface area contributed by atoms with E-state index in [1.54, 1.807) is 24.8 Å². The first kappa shape index (κ1) is 19.9. The molecule has 0 unspecified atom stereocenters. The molecule has 0 aliphatic heterocycles. The highest BCUT2D eigenvalue weighted by atomic mass is 16.5. The van der Waals surface area contributed by atoms with Crippen LogP contribution >= 0.6 is 0 Å². The molecule has 5 heteroatoms. The molecule has 0 atom stereocenters. The van der Waals surface area contributed by atoms with Gasteiger partial charge in [0.05, 0.1) is 23.8 Å². The predicted octanol–water partition coefficient (Wildman–Crippen LogP) is 6.00. The summed E-state index contributed by atoms with van der Waals surface area (Å²) >= 11 is 0. The van der Waals surface area contributed by atoms with Crippen molar-refractivity contribution in [1.29, 1.82) is 0 Å². The van der Waals surface area contributed by atoms with Crippen LogP contribution < -0.4 is 0 Å². The summed E-state index contributed by atoms with van der Waals surface area (Å²) in [4.78, 5) is 17.9. The van der Waals surface area contributed by atoms with Crippen LogP contribution in [0.2, 0.25) is 0 Å². The predicted molar refractivity (Wildman–Crippen MR) is 117 cm³/mol. The van der Waals surface area contributed by atoms with Crippen molar-refractivity contribution in [2.45, 2.75) is 75.4 Å². The minimum Gasteiger partial charge on any atom is -0.357 e. The molecule has 152 valence electrons. The van der Waals surface area contributed by atoms with Gasteiger partial charge in [-0.3, -0.25) is 20.0 Å². The average molecular weight is 391 g/mol. The van der Waals surface area contributed by atoms with Crippen molar-refractivity contribution >= 4 is 23.8 Å². The molecule has 2 aliphatic rings. The van der Waals surface area contributed by atoms with Gasteiger partial charge in [-0.25, -0.2) is 0 Å². The second-order valence-electron chi connectivity index (χ2n) is 8.29. The van der Waals surface area contributed by atoms with E-state index in [0.717, 1.165) is 37.1 Å². The molecule has 29 heavy (non-hydrogen) atoms. The summed E-state index contributed by atoms with van der Waals surface area (Å²) in [6.45, 7) is 0. The lowest BCUT2D eigenvalue weighted by Gasteiger charge is -2.44. The highest BCUT2D eigenvalue weighted by Gasteiger charge is 2.42. The van der Waals surface area contributed by atoms with Gasteiger partial charge in [0.25, 0.3) is 0 Å². The van der Waals surface area contributed by atoms with Crippen LogP contribution in [0.5, 0.6) is 0 Å². The Bertz CT molecular complexity index is 738. The van der Waals surface area contributed by atoms with Crippen LogP contribution in [-0.2, 0) is 4.74 Å². The third-order valence-electron chi connectivity index (χ3n) is 6.00. The lowest BCUT2D eigenvalue weighted by Crippen LogP contribution is -2.49. The number of hydrogen-bond donors (Lipinski definition) is 0. The van der Waals surface area contributed by atoms with Gasteiger partial charge in [0.15, 0.2) is 0 Å². The van der Waals surface area contributed by atoms with Crippen molar-refractivity contribution in [1.82, 2.24) is 9.97 Å². The fourth-order valence-electron chi connectivity index (χ4n) is 4.46. The van der Waals surface area contributed by atoms with E-state index in [9.17, 15) is 0 Å². The molecule has 0 radical (unpaired) electrons. The first-order chi connectivity index (χ1) is 14.3. The number of aromatic nitrogens is 2. The number of aliphatic imine (C=N–C) groups is 2. The molecule has 0 saturated heterocycles. The van der Waals surface area contributed by atoms with E-state index in [0.29, 0.717) is 0 Å². The van der Waals surface area contributed by atoms with Gasteiger partial charge in [0.1, 0.15) is 11.2 Å². The van der Waals surface area contributed by atoms with Gasteiger partial charge < -0.3 is 4.74 Å². The van der Waals surface area contributed by atoms with Crippen molar-refractivity contribution in [2.75, 3.05) is 0 Å². The SMILES string of the molecule is C(=Nc1cccnc1)C1(OC2(C=Nc3cccnc3)CCCCC2)CCCCC1. The first-order valence-electron chi connectivity index (χ1n) is 10.9. The molecule has 5 nitrogen and oxygen atoms in total. The smallest absolute Gasteiger partial charge is 0.104 e. The minimum atomic E-state index is -0.327. The Kier molecular flexibility index (Phi) is 6.45. The molecule has 2 aromatic rings. The van der Waals surface area contributed by atoms with Gasteiger partial charge in [-0.15, -0.1) is 0 Å². The number of hydrogen-bond acceptors (Lipinski definition) is 5. The van der Waals surface area contributed by atoms with E-state index in [1.807, 2.05) is 24.3 Å². The zero-order chi connectivity index (χ0) is 19.8. The summed E-state index contributed by atoms with van der Waals surface area (Å²) < 4.78 is 7.01. The van der Waals surface area contributed by atoms with Crippen LogP contribution in [0.15, 0.2) is 59.0 Å². The van der Waals surface area contributed by atoms with Gasteiger partial charge in [-0.2, -0.15) is 0 Å². The molecule has 2 aromatic heterocycles. The second kappa shape index (κ2) is 9.40. The highest BCUT2D eigenvalue weighted by Crippen LogP contribution is 2.40. The molecule has 0 spiro atoms. The van der Waals surface area contributed by atoms with E-state index in [2.05, 4.69) is 22.4 Å². The molecule has 0 aromatic carbocycles. The Morgan fingerprint density at radius 1 is 0.690 bits per heavy atom. The number of rotatable bonds is 6. The Balaban J connectivity index is 1.60. The van der Waals surface area contributed by atoms with Crippen molar-refractivity contribution < 1.29 is 4.74 Å². The van der Waals surface area contributed by atoms with E-state index in [4.69, 9.17) is 14.7 Å². The fourth-order valence-corrected chi connectivity index (χ4v) is 4.46. The molecule has 0 amide bonds. The van der Waals surface area contributed by atoms with Crippen molar-refractivity contribution in [3.05, 3.63) is 49.1 Å².